The topological polar surface area (TPSA) is 28.2 Å². The third kappa shape index (κ3) is 5.93. The van der Waals surface area contributed by atoms with E-state index in [1.165, 1.54) is 5.56 Å². The van der Waals surface area contributed by atoms with E-state index in [1.54, 1.807) is 0 Å². The highest BCUT2D eigenvalue weighted by Crippen LogP contribution is 2.20. The van der Waals surface area contributed by atoms with Crippen LogP contribution in [0.3, 0.4) is 0 Å². The Bertz CT molecular complexity index is 353. The molecule has 0 amide bonds. The highest BCUT2D eigenvalue weighted by molar-refractivity contribution is 7.99. The van der Waals surface area contributed by atoms with Gasteiger partial charge in [0, 0.05) is 24.5 Å². The highest BCUT2D eigenvalue weighted by atomic mass is 32.2. The molecule has 0 spiro atoms. The summed E-state index contributed by atoms with van der Waals surface area (Å²) in [7, 11) is 0. The minimum Gasteiger partial charge on any atom is -0.310 e. The van der Waals surface area contributed by atoms with Gasteiger partial charge in [0.15, 0.2) is 0 Å². The molecule has 0 bridgehead atoms. The fourth-order valence-electron chi connectivity index (χ4n) is 2.02. The molecule has 0 saturated heterocycles. The van der Waals surface area contributed by atoms with Gasteiger partial charge in [0.1, 0.15) is 0 Å². The lowest BCUT2D eigenvalue weighted by molar-refractivity contribution is 0.324. The van der Waals surface area contributed by atoms with Crippen LogP contribution in [0, 0.1) is 0 Å². The van der Waals surface area contributed by atoms with E-state index in [0.717, 1.165) is 37.0 Å². The number of nitrogens with zero attached hydrogens (tertiary/aromatic N) is 2. The van der Waals surface area contributed by atoms with Crippen molar-refractivity contribution in [3.05, 3.63) is 23.9 Å². The fraction of sp³-hybridized carbons (Fsp3) is 0.667. The first-order valence-corrected chi connectivity index (χ1v) is 8.24. The van der Waals surface area contributed by atoms with Gasteiger partial charge in [-0.2, -0.15) is 0 Å². The maximum Gasteiger partial charge on any atom is 0.0963 e. The van der Waals surface area contributed by atoms with Crippen molar-refractivity contribution in [3.8, 4) is 0 Å². The molecule has 108 valence electrons. The molecular weight excluding hydrogens is 254 g/mol. The summed E-state index contributed by atoms with van der Waals surface area (Å²) in [5.41, 5.74) is 1.32. The van der Waals surface area contributed by atoms with Crippen LogP contribution in [0.25, 0.3) is 0 Å². The summed E-state index contributed by atoms with van der Waals surface area (Å²) < 4.78 is 0. The number of aromatic nitrogens is 1. The molecule has 19 heavy (non-hydrogen) atoms. The Kier molecular flexibility index (Phi) is 8.10. The van der Waals surface area contributed by atoms with Gasteiger partial charge in [-0.3, -0.25) is 0 Å². The van der Waals surface area contributed by atoms with Crippen molar-refractivity contribution in [2.24, 2.45) is 0 Å². The molecule has 1 heterocycles. The van der Waals surface area contributed by atoms with Crippen LogP contribution in [0.1, 0.15) is 39.3 Å². The van der Waals surface area contributed by atoms with E-state index < -0.39 is 0 Å². The van der Waals surface area contributed by atoms with E-state index in [2.05, 4.69) is 55.0 Å². The molecule has 1 atom stereocenters. The molecule has 1 unspecified atom stereocenters. The number of rotatable bonds is 9. The van der Waals surface area contributed by atoms with Gasteiger partial charge in [-0.25, -0.2) is 4.98 Å². The Morgan fingerprint density at radius 2 is 2.05 bits per heavy atom. The molecule has 1 aromatic rings. The molecule has 1 N–H and O–H groups in total. The van der Waals surface area contributed by atoms with E-state index in [0.29, 0.717) is 6.04 Å². The number of hydrogen-bond acceptors (Lipinski definition) is 4. The van der Waals surface area contributed by atoms with Crippen LogP contribution in [0.4, 0.5) is 0 Å². The van der Waals surface area contributed by atoms with E-state index >= 15 is 0 Å². The summed E-state index contributed by atoms with van der Waals surface area (Å²) >= 11 is 1.85. The van der Waals surface area contributed by atoms with Gasteiger partial charge in [0.25, 0.3) is 0 Å². The Morgan fingerprint density at radius 3 is 2.68 bits per heavy atom. The van der Waals surface area contributed by atoms with E-state index in [4.69, 9.17) is 0 Å². The first kappa shape index (κ1) is 16.5. The Morgan fingerprint density at radius 1 is 1.32 bits per heavy atom. The summed E-state index contributed by atoms with van der Waals surface area (Å²) in [5.74, 6) is 1.10. The normalized spacial score (nSPS) is 12.9. The molecule has 0 aliphatic heterocycles. The molecule has 3 nitrogen and oxygen atoms in total. The summed E-state index contributed by atoms with van der Waals surface area (Å²) in [5, 5.41) is 4.57. The zero-order valence-electron chi connectivity index (χ0n) is 12.6. The van der Waals surface area contributed by atoms with Crippen molar-refractivity contribution >= 4 is 11.8 Å². The molecule has 0 aliphatic carbocycles. The molecule has 0 aliphatic rings. The number of hydrogen-bond donors (Lipinski definition) is 1. The average Bonchev–Trinajstić information content (AvgIpc) is 2.44. The van der Waals surface area contributed by atoms with Crippen LogP contribution in [-0.4, -0.2) is 41.8 Å². The lowest BCUT2D eigenvalue weighted by atomic mass is 10.1. The Hall–Kier alpha value is -0.580. The predicted molar refractivity (Wildman–Crippen MR) is 84.8 cm³/mol. The van der Waals surface area contributed by atoms with Crippen LogP contribution >= 0.6 is 11.8 Å². The minimum absolute atomic E-state index is 0.398. The summed E-state index contributed by atoms with van der Waals surface area (Å²) in [4.78, 5) is 6.89. The molecule has 0 radical (unpaired) electrons. The second-order valence-electron chi connectivity index (χ2n) is 4.58. The Labute approximate surface area is 122 Å². The van der Waals surface area contributed by atoms with E-state index in [1.807, 2.05) is 18.0 Å². The quantitative estimate of drug-likeness (QED) is 0.704. The van der Waals surface area contributed by atoms with Gasteiger partial charge in [-0.05, 0) is 44.3 Å². The molecule has 0 fully saturated rings. The molecule has 4 heteroatoms. The first-order chi connectivity index (χ1) is 9.21. The monoisotopic (exact) mass is 281 g/mol. The predicted octanol–water partition coefficient (Wildman–Crippen LogP) is 3.19. The largest absolute Gasteiger partial charge is 0.310 e. The minimum atomic E-state index is 0.398. The second kappa shape index (κ2) is 9.34. The van der Waals surface area contributed by atoms with E-state index in [9.17, 15) is 0 Å². The van der Waals surface area contributed by atoms with Gasteiger partial charge in [0.2, 0.25) is 0 Å². The fourth-order valence-corrected chi connectivity index (χ4v) is 2.93. The van der Waals surface area contributed by atoms with Gasteiger partial charge in [-0.1, -0.05) is 20.8 Å². The molecule has 1 aromatic heterocycles. The first-order valence-electron chi connectivity index (χ1n) is 7.25. The summed E-state index contributed by atoms with van der Waals surface area (Å²) in [6, 6.07) is 4.71. The summed E-state index contributed by atoms with van der Waals surface area (Å²) in [6.07, 6.45) is 1.92. The lowest BCUT2D eigenvalue weighted by Gasteiger charge is -2.17. The maximum absolute atomic E-state index is 4.45. The molecular formula is C15H27N3S. The summed E-state index contributed by atoms with van der Waals surface area (Å²) in [6.45, 7) is 13.1. The van der Waals surface area contributed by atoms with Crippen molar-refractivity contribution in [2.75, 3.05) is 31.9 Å². The van der Waals surface area contributed by atoms with Crippen LogP contribution in [0.2, 0.25) is 0 Å². The van der Waals surface area contributed by atoms with Crippen molar-refractivity contribution in [1.82, 2.24) is 15.2 Å². The number of pyridine rings is 1. The maximum atomic E-state index is 4.45. The lowest BCUT2D eigenvalue weighted by Crippen LogP contribution is -2.25. The van der Waals surface area contributed by atoms with E-state index in [-0.39, 0.29) is 0 Å². The van der Waals surface area contributed by atoms with Crippen LogP contribution in [-0.2, 0) is 0 Å². The number of nitrogens with one attached hydrogen (secondary N) is 1. The molecule has 1 rings (SSSR count). The SMILES string of the molecule is CCNC(C)c1ccnc(SCCN(CC)CC)c1. The van der Waals surface area contributed by atoms with Crippen molar-refractivity contribution < 1.29 is 0 Å². The van der Waals surface area contributed by atoms with Crippen molar-refractivity contribution in [2.45, 2.75) is 38.8 Å². The third-order valence-corrected chi connectivity index (χ3v) is 4.23. The van der Waals surface area contributed by atoms with Crippen molar-refractivity contribution in [1.29, 1.82) is 0 Å². The van der Waals surface area contributed by atoms with Gasteiger partial charge in [-0.15, -0.1) is 11.8 Å². The second-order valence-corrected chi connectivity index (χ2v) is 5.70. The third-order valence-electron chi connectivity index (χ3n) is 3.32. The van der Waals surface area contributed by atoms with Gasteiger partial charge < -0.3 is 10.2 Å². The van der Waals surface area contributed by atoms with Crippen molar-refractivity contribution in [3.63, 3.8) is 0 Å². The standard InChI is InChI=1S/C15H27N3S/c1-5-16-13(4)14-8-9-17-15(12-14)19-11-10-18(6-2)7-3/h8-9,12-13,16H,5-7,10-11H2,1-4H3. The van der Waals surface area contributed by atoms with Crippen LogP contribution in [0.15, 0.2) is 23.4 Å². The highest BCUT2D eigenvalue weighted by Gasteiger charge is 2.06. The zero-order valence-corrected chi connectivity index (χ0v) is 13.5. The molecule has 0 saturated carbocycles. The smallest absolute Gasteiger partial charge is 0.0963 e. The van der Waals surface area contributed by atoms with Gasteiger partial charge >= 0.3 is 0 Å². The van der Waals surface area contributed by atoms with Crippen LogP contribution in [0.5, 0.6) is 0 Å². The average molecular weight is 281 g/mol. The number of thioether (sulfide) groups is 1. The zero-order chi connectivity index (χ0) is 14.1. The molecule has 0 aromatic carbocycles. The Balaban J connectivity index is 2.48. The van der Waals surface area contributed by atoms with Gasteiger partial charge in [0.05, 0.1) is 5.03 Å². The van der Waals surface area contributed by atoms with Crippen LogP contribution < -0.4 is 5.32 Å².